The van der Waals surface area contributed by atoms with Crippen molar-refractivity contribution in [2.75, 3.05) is 0 Å². The molecule has 0 aromatic heterocycles. The van der Waals surface area contributed by atoms with Crippen LogP contribution < -0.4 is 10.1 Å². The molecule has 0 spiro atoms. The molecule has 1 heterocycles. The monoisotopic (exact) mass is 259 g/mol. The fraction of sp³-hybridized carbons (Fsp3) is 0.200. The van der Waals surface area contributed by atoms with Gasteiger partial charge in [0.15, 0.2) is 0 Å². The predicted molar refractivity (Wildman–Crippen MR) is 72.8 cm³/mol. The summed E-state index contributed by atoms with van der Waals surface area (Å²) in [4.78, 5) is 0. The van der Waals surface area contributed by atoms with Crippen molar-refractivity contribution in [3.05, 3.63) is 64.2 Å². The Hall–Kier alpha value is -1.51. The molecular formula is C15H14ClNO. The van der Waals surface area contributed by atoms with Crippen LogP contribution in [0.15, 0.2) is 42.5 Å². The number of para-hydroxylation sites is 1. The van der Waals surface area contributed by atoms with Gasteiger partial charge in [-0.2, -0.15) is 0 Å². The normalized spacial score (nSPS) is 13.4. The van der Waals surface area contributed by atoms with Crippen LogP contribution in [0.1, 0.15) is 16.7 Å². The Balaban J connectivity index is 1.72. The maximum absolute atomic E-state index is 6.05. The van der Waals surface area contributed by atoms with Crippen LogP contribution in [0.4, 0.5) is 0 Å². The molecule has 2 aromatic carbocycles. The van der Waals surface area contributed by atoms with Crippen LogP contribution in [0.2, 0.25) is 5.02 Å². The zero-order valence-electron chi connectivity index (χ0n) is 9.95. The van der Waals surface area contributed by atoms with Crippen molar-refractivity contribution >= 4 is 11.6 Å². The summed E-state index contributed by atoms with van der Waals surface area (Å²) in [6.07, 6.45) is 0. The summed E-state index contributed by atoms with van der Waals surface area (Å²) in [6.45, 7) is 2.48. The summed E-state index contributed by atoms with van der Waals surface area (Å²) < 4.78 is 5.73. The van der Waals surface area contributed by atoms with Crippen molar-refractivity contribution in [2.45, 2.75) is 19.7 Å². The van der Waals surface area contributed by atoms with E-state index in [2.05, 4.69) is 23.5 Å². The number of fused-ring (bicyclic) bond motifs is 1. The van der Waals surface area contributed by atoms with Gasteiger partial charge in [0.2, 0.25) is 0 Å². The number of ether oxygens (including phenoxy) is 1. The Morgan fingerprint density at radius 1 is 1.06 bits per heavy atom. The minimum Gasteiger partial charge on any atom is -0.487 e. The summed E-state index contributed by atoms with van der Waals surface area (Å²) in [5, 5.41) is 3.99. The predicted octanol–water partition coefficient (Wildman–Crippen LogP) is 3.52. The van der Waals surface area contributed by atoms with Crippen molar-refractivity contribution in [3.63, 3.8) is 0 Å². The maximum atomic E-state index is 6.05. The summed E-state index contributed by atoms with van der Waals surface area (Å²) in [5.74, 6) is 0.734. The number of nitrogens with one attached hydrogen (secondary N) is 1. The zero-order valence-corrected chi connectivity index (χ0v) is 10.7. The molecule has 0 fully saturated rings. The first kappa shape index (κ1) is 11.6. The van der Waals surface area contributed by atoms with Crippen molar-refractivity contribution in [2.24, 2.45) is 0 Å². The van der Waals surface area contributed by atoms with Crippen molar-refractivity contribution in [1.29, 1.82) is 0 Å². The smallest absolute Gasteiger partial charge is 0.138 e. The second kappa shape index (κ2) is 5.01. The molecule has 0 saturated carbocycles. The Bertz CT molecular complexity index is 568. The zero-order chi connectivity index (χ0) is 12.4. The molecule has 0 unspecified atom stereocenters. The second-order valence-corrected chi connectivity index (χ2v) is 4.83. The van der Waals surface area contributed by atoms with Crippen LogP contribution >= 0.6 is 11.6 Å². The van der Waals surface area contributed by atoms with E-state index in [1.807, 2.05) is 24.3 Å². The van der Waals surface area contributed by atoms with Crippen LogP contribution in [0.25, 0.3) is 0 Å². The molecule has 2 nitrogen and oxygen atoms in total. The lowest BCUT2D eigenvalue weighted by Gasteiger charge is -2.09. The lowest BCUT2D eigenvalue weighted by molar-refractivity contribution is 0.306. The number of hydrogen-bond acceptors (Lipinski definition) is 2. The van der Waals surface area contributed by atoms with Crippen molar-refractivity contribution in [3.8, 4) is 5.75 Å². The number of halogens is 1. The molecule has 0 saturated heterocycles. The van der Waals surface area contributed by atoms with E-state index in [-0.39, 0.29) is 0 Å². The van der Waals surface area contributed by atoms with E-state index in [9.17, 15) is 0 Å². The molecule has 0 bridgehead atoms. The van der Waals surface area contributed by atoms with E-state index in [0.29, 0.717) is 11.6 Å². The largest absolute Gasteiger partial charge is 0.487 e. The molecule has 0 atom stereocenters. The minimum absolute atomic E-state index is 0.553. The first-order chi connectivity index (χ1) is 8.83. The van der Waals surface area contributed by atoms with Gasteiger partial charge in [0.25, 0.3) is 0 Å². The van der Waals surface area contributed by atoms with E-state index in [1.54, 1.807) is 0 Å². The molecular weight excluding hydrogens is 246 g/mol. The Morgan fingerprint density at radius 3 is 2.78 bits per heavy atom. The van der Waals surface area contributed by atoms with E-state index in [4.69, 9.17) is 16.3 Å². The standard InChI is InChI=1S/C15H14ClNO/c16-14-3-1-2-4-15(14)18-10-11-5-6-12-8-17-9-13(12)7-11/h1-7,17H,8-10H2. The minimum atomic E-state index is 0.553. The van der Waals surface area contributed by atoms with Crippen molar-refractivity contribution < 1.29 is 4.74 Å². The summed E-state index contributed by atoms with van der Waals surface area (Å²) in [7, 11) is 0. The molecule has 2 aromatic rings. The summed E-state index contributed by atoms with van der Waals surface area (Å²) in [5.41, 5.74) is 3.93. The third-order valence-corrected chi connectivity index (χ3v) is 3.44. The quantitative estimate of drug-likeness (QED) is 0.911. The molecule has 0 aliphatic carbocycles. The molecule has 3 rings (SSSR count). The number of hydrogen-bond donors (Lipinski definition) is 1. The summed E-state index contributed by atoms with van der Waals surface area (Å²) in [6, 6.07) is 14.0. The van der Waals surface area contributed by atoms with E-state index in [0.717, 1.165) is 18.8 Å². The molecule has 18 heavy (non-hydrogen) atoms. The van der Waals surface area contributed by atoms with Crippen LogP contribution in [-0.4, -0.2) is 0 Å². The molecule has 0 amide bonds. The molecule has 92 valence electrons. The van der Waals surface area contributed by atoms with E-state index >= 15 is 0 Å². The van der Waals surface area contributed by atoms with Gasteiger partial charge < -0.3 is 10.1 Å². The van der Waals surface area contributed by atoms with Gasteiger partial charge >= 0.3 is 0 Å². The highest BCUT2D eigenvalue weighted by Gasteiger charge is 2.10. The van der Waals surface area contributed by atoms with Gasteiger partial charge in [-0.25, -0.2) is 0 Å². The molecule has 1 aliphatic rings. The number of rotatable bonds is 3. The van der Waals surface area contributed by atoms with Gasteiger partial charge in [-0.1, -0.05) is 41.9 Å². The fourth-order valence-corrected chi connectivity index (χ4v) is 2.35. The van der Waals surface area contributed by atoms with Crippen LogP contribution in [0.5, 0.6) is 5.75 Å². The second-order valence-electron chi connectivity index (χ2n) is 4.43. The lowest BCUT2D eigenvalue weighted by Crippen LogP contribution is -2.00. The van der Waals surface area contributed by atoms with Gasteiger partial charge in [-0.05, 0) is 28.8 Å². The fourth-order valence-electron chi connectivity index (χ4n) is 2.16. The third-order valence-electron chi connectivity index (χ3n) is 3.13. The van der Waals surface area contributed by atoms with E-state index < -0.39 is 0 Å². The van der Waals surface area contributed by atoms with Gasteiger partial charge in [0.1, 0.15) is 12.4 Å². The van der Waals surface area contributed by atoms with Gasteiger partial charge in [0, 0.05) is 13.1 Å². The Morgan fingerprint density at radius 2 is 1.89 bits per heavy atom. The molecule has 1 N–H and O–H groups in total. The highest BCUT2D eigenvalue weighted by molar-refractivity contribution is 6.32. The van der Waals surface area contributed by atoms with Gasteiger partial charge in [-0.3, -0.25) is 0 Å². The maximum Gasteiger partial charge on any atom is 0.138 e. The Labute approximate surface area is 112 Å². The Kier molecular flexibility index (Phi) is 3.22. The topological polar surface area (TPSA) is 21.3 Å². The van der Waals surface area contributed by atoms with E-state index in [1.165, 1.54) is 16.7 Å². The van der Waals surface area contributed by atoms with Crippen LogP contribution in [0.3, 0.4) is 0 Å². The average molecular weight is 260 g/mol. The van der Waals surface area contributed by atoms with Crippen molar-refractivity contribution in [1.82, 2.24) is 5.32 Å². The average Bonchev–Trinajstić information content (AvgIpc) is 2.85. The lowest BCUT2D eigenvalue weighted by atomic mass is 10.1. The third kappa shape index (κ3) is 2.35. The highest BCUT2D eigenvalue weighted by Crippen LogP contribution is 2.24. The van der Waals surface area contributed by atoms with Crippen LogP contribution in [0, 0.1) is 0 Å². The molecule has 0 radical (unpaired) electrons. The first-order valence-corrected chi connectivity index (χ1v) is 6.39. The first-order valence-electron chi connectivity index (χ1n) is 6.01. The van der Waals surface area contributed by atoms with Gasteiger partial charge in [0.05, 0.1) is 5.02 Å². The summed E-state index contributed by atoms with van der Waals surface area (Å²) >= 11 is 6.05. The van der Waals surface area contributed by atoms with Crippen LogP contribution in [-0.2, 0) is 19.7 Å². The molecule has 1 aliphatic heterocycles. The number of benzene rings is 2. The highest BCUT2D eigenvalue weighted by atomic mass is 35.5. The van der Waals surface area contributed by atoms with Gasteiger partial charge in [-0.15, -0.1) is 0 Å². The SMILES string of the molecule is Clc1ccccc1OCc1ccc2c(c1)CNC2. The molecule has 3 heteroatoms.